The number of hydrogen-bond acceptors (Lipinski definition) is 3. The fraction of sp³-hybridized carbons (Fsp3) is 0.391. The molecule has 0 bridgehead atoms. The molecule has 0 spiro atoms. The molecule has 2 aromatic rings. The van der Waals surface area contributed by atoms with Crippen molar-refractivity contribution in [2.24, 2.45) is 0 Å². The molecule has 0 fully saturated rings. The minimum Gasteiger partial charge on any atom is -0.493 e. The topological polar surface area (TPSA) is 58.6 Å². The van der Waals surface area contributed by atoms with Gasteiger partial charge in [0.15, 0.2) is 0 Å². The molecule has 150 valence electrons. The molecule has 2 amide bonds. The van der Waals surface area contributed by atoms with Crippen LogP contribution in [0, 0.1) is 0 Å². The Labute approximate surface area is 167 Å². The normalized spacial score (nSPS) is 10.4. The average Bonchev–Trinajstić information content (AvgIpc) is 2.72. The SMILES string of the molecule is CCCOc1ccccc1C(=O)Nc1ccc(C(=O)N(CCC)CCC)cc1. The summed E-state index contributed by atoms with van der Waals surface area (Å²) in [5.41, 5.74) is 1.77. The van der Waals surface area contributed by atoms with Gasteiger partial charge in [-0.05, 0) is 55.7 Å². The molecule has 1 N–H and O–H groups in total. The van der Waals surface area contributed by atoms with E-state index in [4.69, 9.17) is 4.74 Å². The number of ether oxygens (including phenoxy) is 1. The molecule has 0 atom stereocenters. The Hall–Kier alpha value is -2.82. The summed E-state index contributed by atoms with van der Waals surface area (Å²) in [7, 11) is 0. The Morgan fingerprint density at radius 2 is 1.54 bits per heavy atom. The van der Waals surface area contributed by atoms with Crippen molar-refractivity contribution in [3.05, 3.63) is 59.7 Å². The molecule has 2 rings (SSSR count). The zero-order valence-corrected chi connectivity index (χ0v) is 17.0. The average molecular weight is 383 g/mol. The van der Waals surface area contributed by atoms with Crippen LogP contribution in [0.2, 0.25) is 0 Å². The number of para-hydroxylation sites is 1. The summed E-state index contributed by atoms with van der Waals surface area (Å²) in [4.78, 5) is 27.1. The van der Waals surface area contributed by atoms with Crippen LogP contribution in [-0.2, 0) is 0 Å². The van der Waals surface area contributed by atoms with Gasteiger partial charge in [-0.3, -0.25) is 9.59 Å². The number of carbonyl (C=O) groups is 2. The highest BCUT2D eigenvalue weighted by Crippen LogP contribution is 2.20. The maximum atomic E-state index is 12.6. The van der Waals surface area contributed by atoms with Crippen LogP contribution in [0.5, 0.6) is 5.75 Å². The maximum Gasteiger partial charge on any atom is 0.259 e. The van der Waals surface area contributed by atoms with Crippen LogP contribution in [0.25, 0.3) is 0 Å². The van der Waals surface area contributed by atoms with E-state index in [0.29, 0.717) is 29.2 Å². The van der Waals surface area contributed by atoms with Crippen molar-refractivity contribution in [3.8, 4) is 5.75 Å². The maximum absolute atomic E-state index is 12.6. The summed E-state index contributed by atoms with van der Waals surface area (Å²) in [6.07, 6.45) is 2.73. The van der Waals surface area contributed by atoms with Gasteiger partial charge in [-0.15, -0.1) is 0 Å². The van der Waals surface area contributed by atoms with Crippen molar-refractivity contribution >= 4 is 17.5 Å². The third kappa shape index (κ3) is 5.84. The first-order valence-electron chi connectivity index (χ1n) is 10.0. The summed E-state index contributed by atoms with van der Waals surface area (Å²) in [6.45, 7) is 8.22. The van der Waals surface area contributed by atoms with Crippen LogP contribution >= 0.6 is 0 Å². The molecule has 0 aliphatic rings. The van der Waals surface area contributed by atoms with Gasteiger partial charge in [-0.25, -0.2) is 0 Å². The fourth-order valence-corrected chi connectivity index (χ4v) is 2.92. The lowest BCUT2D eigenvalue weighted by Crippen LogP contribution is -2.32. The number of amides is 2. The van der Waals surface area contributed by atoms with Gasteiger partial charge in [0.2, 0.25) is 0 Å². The van der Waals surface area contributed by atoms with Crippen LogP contribution < -0.4 is 10.1 Å². The molecule has 0 heterocycles. The van der Waals surface area contributed by atoms with Gasteiger partial charge >= 0.3 is 0 Å². The van der Waals surface area contributed by atoms with E-state index in [1.54, 1.807) is 36.4 Å². The van der Waals surface area contributed by atoms with E-state index in [1.165, 1.54) is 0 Å². The zero-order chi connectivity index (χ0) is 20.4. The molecule has 5 nitrogen and oxygen atoms in total. The molecule has 0 saturated heterocycles. The summed E-state index contributed by atoms with van der Waals surface area (Å²) in [5.74, 6) is 0.368. The monoisotopic (exact) mass is 382 g/mol. The molecule has 0 aliphatic carbocycles. The molecular weight excluding hydrogens is 352 g/mol. The third-order valence-corrected chi connectivity index (χ3v) is 4.26. The first kappa shape index (κ1) is 21.5. The van der Waals surface area contributed by atoms with E-state index in [9.17, 15) is 9.59 Å². The van der Waals surface area contributed by atoms with Gasteiger partial charge in [-0.2, -0.15) is 0 Å². The smallest absolute Gasteiger partial charge is 0.259 e. The molecule has 0 aromatic heterocycles. The van der Waals surface area contributed by atoms with Gasteiger partial charge in [0.05, 0.1) is 12.2 Å². The molecular formula is C23H30N2O3. The molecule has 0 saturated carbocycles. The molecule has 0 aliphatic heterocycles. The van der Waals surface area contributed by atoms with Gasteiger partial charge in [0.25, 0.3) is 11.8 Å². The lowest BCUT2D eigenvalue weighted by Gasteiger charge is -2.21. The zero-order valence-electron chi connectivity index (χ0n) is 17.0. The number of nitrogens with one attached hydrogen (secondary N) is 1. The first-order chi connectivity index (χ1) is 13.6. The Morgan fingerprint density at radius 3 is 2.14 bits per heavy atom. The molecule has 28 heavy (non-hydrogen) atoms. The van der Waals surface area contributed by atoms with Crippen LogP contribution in [-0.4, -0.2) is 36.4 Å². The summed E-state index contributed by atoms with van der Waals surface area (Å²) < 4.78 is 5.66. The minimum atomic E-state index is -0.232. The number of nitrogens with zero attached hydrogens (tertiary/aromatic N) is 1. The predicted molar refractivity (Wildman–Crippen MR) is 113 cm³/mol. The van der Waals surface area contributed by atoms with Gasteiger partial charge in [-0.1, -0.05) is 32.9 Å². The fourth-order valence-electron chi connectivity index (χ4n) is 2.92. The van der Waals surface area contributed by atoms with Crippen molar-refractivity contribution in [2.75, 3.05) is 25.0 Å². The number of benzene rings is 2. The van der Waals surface area contributed by atoms with E-state index < -0.39 is 0 Å². The first-order valence-corrected chi connectivity index (χ1v) is 10.0. The lowest BCUT2D eigenvalue weighted by molar-refractivity contribution is 0.0755. The molecule has 0 unspecified atom stereocenters. The lowest BCUT2D eigenvalue weighted by atomic mass is 10.1. The van der Waals surface area contributed by atoms with E-state index in [0.717, 1.165) is 32.4 Å². The van der Waals surface area contributed by atoms with Crippen molar-refractivity contribution in [2.45, 2.75) is 40.0 Å². The third-order valence-electron chi connectivity index (χ3n) is 4.26. The summed E-state index contributed by atoms with van der Waals surface area (Å²) >= 11 is 0. The van der Waals surface area contributed by atoms with Crippen LogP contribution in [0.3, 0.4) is 0 Å². The van der Waals surface area contributed by atoms with Gasteiger partial charge in [0, 0.05) is 24.3 Å². The number of hydrogen-bond donors (Lipinski definition) is 1. The van der Waals surface area contributed by atoms with Crippen LogP contribution in [0.1, 0.15) is 60.7 Å². The highest BCUT2D eigenvalue weighted by atomic mass is 16.5. The van der Waals surface area contributed by atoms with Crippen molar-refractivity contribution in [1.82, 2.24) is 4.90 Å². The van der Waals surface area contributed by atoms with Crippen molar-refractivity contribution in [1.29, 1.82) is 0 Å². The van der Waals surface area contributed by atoms with E-state index in [2.05, 4.69) is 19.2 Å². The Balaban J connectivity index is 2.08. The standard InChI is InChI=1S/C23H30N2O3/c1-4-15-25(16-5-2)23(27)18-11-13-19(14-12-18)24-22(26)20-9-7-8-10-21(20)28-17-6-3/h7-14H,4-6,15-17H2,1-3H3,(H,24,26). The van der Waals surface area contributed by atoms with Crippen molar-refractivity contribution < 1.29 is 14.3 Å². The quantitative estimate of drug-likeness (QED) is 0.630. The van der Waals surface area contributed by atoms with E-state index in [1.807, 2.05) is 24.0 Å². The molecule has 2 aromatic carbocycles. The van der Waals surface area contributed by atoms with E-state index >= 15 is 0 Å². The highest BCUT2D eigenvalue weighted by Gasteiger charge is 2.15. The minimum absolute atomic E-state index is 0.0277. The predicted octanol–water partition coefficient (Wildman–Crippen LogP) is 4.99. The second-order valence-electron chi connectivity index (χ2n) is 6.67. The molecule has 0 radical (unpaired) electrons. The number of rotatable bonds is 10. The summed E-state index contributed by atoms with van der Waals surface area (Å²) in [5, 5.41) is 2.88. The van der Waals surface area contributed by atoms with Gasteiger partial charge < -0.3 is 15.0 Å². The number of carbonyl (C=O) groups excluding carboxylic acids is 2. The molecule has 5 heteroatoms. The largest absolute Gasteiger partial charge is 0.493 e. The van der Waals surface area contributed by atoms with Crippen LogP contribution in [0.4, 0.5) is 5.69 Å². The second kappa shape index (κ2) is 11.1. The van der Waals surface area contributed by atoms with Gasteiger partial charge in [0.1, 0.15) is 5.75 Å². The number of anilines is 1. The highest BCUT2D eigenvalue weighted by molar-refractivity contribution is 6.06. The summed E-state index contributed by atoms with van der Waals surface area (Å²) in [6, 6.07) is 14.2. The Morgan fingerprint density at radius 1 is 0.893 bits per heavy atom. The Kier molecular flexibility index (Phi) is 8.53. The Bertz CT molecular complexity index is 766. The van der Waals surface area contributed by atoms with Crippen molar-refractivity contribution in [3.63, 3.8) is 0 Å². The van der Waals surface area contributed by atoms with E-state index in [-0.39, 0.29) is 11.8 Å². The second-order valence-corrected chi connectivity index (χ2v) is 6.67. The van der Waals surface area contributed by atoms with Crippen LogP contribution in [0.15, 0.2) is 48.5 Å².